The molecule has 3 aromatic rings. The Labute approximate surface area is 195 Å². The molecule has 0 spiro atoms. The number of hydrogen-bond acceptors (Lipinski definition) is 7. The third kappa shape index (κ3) is 4.65. The number of nitrogen functional groups attached to an aromatic ring is 1. The van der Waals surface area contributed by atoms with Crippen LogP contribution in [0.1, 0.15) is 20.8 Å². The molecule has 1 saturated heterocycles. The van der Waals surface area contributed by atoms with Gasteiger partial charge in [-0.3, -0.25) is 4.79 Å². The van der Waals surface area contributed by atoms with E-state index in [1.807, 2.05) is 6.07 Å². The average Bonchev–Trinajstić information content (AvgIpc) is 3.10. The Hall–Kier alpha value is -2.32. The summed E-state index contributed by atoms with van der Waals surface area (Å²) in [6.45, 7) is 6.20. The molecule has 0 aliphatic carbocycles. The van der Waals surface area contributed by atoms with Crippen molar-refractivity contribution in [3.8, 4) is 0 Å². The van der Waals surface area contributed by atoms with Crippen LogP contribution in [-0.2, 0) is 0 Å². The Balaban J connectivity index is 1.54. The lowest BCUT2D eigenvalue weighted by atomic mass is 10.1. The van der Waals surface area contributed by atoms with Crippen molar-refractivity contribution in [2.45, 2.75) is 6.92 Å². The normalized spacial score (nSPS) is 14.6. The molecular weight excluding hydrogens is 453 g/mol. The van der Waals surface area contributed by atoms with E-state index >= 15 is 0 Å². The quantitative estimate of drug-likeness (QED) is 0.501. The van der Waals surface area contributed by atoms with Crippen molar-refractivity contribution in [3.63, 3.8) is 0 Å². The first kappa shape index (κ1) is 21.9. The van der Waals surface area contributed by atoms with Gasteiger partial charge in [0.05, 0.1) is 15.6 Å². The van der Waals surface area contributed by atoms with E-state index in [0.717, 1.165) is 37.4 Å². The van der Waals surface area contributed by atoms with Gasteiger partial charge in [-0.25, -0.2) is 4.98 Å². The van der Waals surface area contributed by atoms with E-state index in [-0.39, 0.29) is 27.2 Å². The molecule has 2 heterocycles. The second-order valence-corrected chi connectivity index (χ2v) is 9.39. The van der Waals surface area contributed by atoms with E-state index in [4.69, 9.17) is 28.9 Å². The Bertz CT molecular complexity index is 1100. The van der Waals surface area contributed by atoms with Gasteiger partial charge >= 0.3 is 0 Å². The van der Waals surface area contributed by atoms with Crippen LogP contribution in [0, 0.1) is 6.92 Å². The zero-order valence-electron chi connectivity index (χ0n) is 17.3. The maximum Gasteiger partial charge on any atom is 0.209 e. The molecule has 31 heavy (non-hydrogen) atoms. The SMILES string of the molecule is Cc1cc(N2CCN(C)CC2)ccc1Nc1nc(N)c(C(=O)c2c(Cl)cccc2Cl)s1. The van der Waals surface area contributed by atoms with Gasteiger partial charge < -0.3 is 20.9 Å². The van der Waals surface area contributed by atoms with Crippen LogP contribution in [-0.4, -0.2) is 48.9 Å². The van der Waals surface area contributed by atoms with Crippen LogP contribution in [0.3, 0.4) is 0 Å². The van der Waals surface area contributed by atoms with Crippen LogP contribution in [0.4, 0.5) is 22.3 Å². The van der Waals surface area contributed by atoms with Gasteiger partial charge in [-0.05, 0) is 49.9 Å². The molecule has 0 bridgehead atoms. The number of carbonyl (C=O) groups is 1. The van der Waals surface area contributed by atoms with Gasteiger partial charge in [-0.15, -0.1) is 0 Å². The summed E-state index contributed by atoms with van der Waals surface area (Å²) < 4.78 is 0. The summed E-state index contributed by atoms with van der Waals surface area (Å²) in [5.74, 6) is -0.180. The number of benzene rings is 2. The molecule has 3 N–H and O–H groups in total. The highest BCUT2D eigenvalue weighted by Gasteiger charge is 2.23. The van der Waals surface area contributed by atoms with E-state index < -0.39 is 0 Å². The largest absolute Gasteiger partial charge is 0.382 e. The molecule has 0 amide bonds. The molecule has 6 nitrogen and oxygen atoms in total. The number of likely N-dealkylation sites (N-methyl/N-ethyl adjacent to an activating group) is 1. The smallest absolute Gasteiger partial charge is 0.209 e. The second kappa shape index (κ2) is 9.04. The Morgan fingerprint density at radius 3 is 2.45 bits per heavy atom. The number of aromatic nitrogens is 1. The fraction of sp³-hybridized carbons (Fsp3) is 0.273. The summed E-state index contributed by atoms with van der Waals surface area (Å²) in [4.78, 5) is 22.3. The summed E-state index contributed by atoms with van der Waals surface area (Å²) in [6.07, 6.45) is 0. The van der Waals surface area contributed by atoms with Gasteiger partial charge in [0.1, 0.15) is 10.7 Å². The number of hydrogen-bond donors (Lipinski definition) is 2. The number of ketones is 1. The Kier molecular flexibility index (Phi) is 6.39. The van der Waals surface area contributed by atoms with Crippen molar-refractivity contribution in [2.75, 3.05) is 49.2 Å². The number of aryl methyl sites for hydroxylation is 1. The lowest BCUT2D eigenvalue weighted by Crippen LogP contribution is -2.44. The minimum atomic E-state index is -0.333. The van der Waals surface area contributed by atoms with E-state index in [0.29, 0.717) is 10.0 Å². The number of piperazine rings is 1. The van der Waals surface area contributed by atoms with Crippen LogP contribution < -0.4 is 16.0 Å². The summed E-state index contributed by atoms with van der Waals surface area (Å²) in [5, 5.41) is 4.40. The van der Waals surface area contributed by atoms with Crippen LogP contribution in [0.5, 0.6) is 0 Å². The molecule has 0 radical (unpaired) electrons. The summed E-state index contributed by atoms with van der Waals surface area (Å²) in [6, 6.07) is 11.3. The highest BCUT2D eigenvalue weighted by Crippen LogP contribution is 2.35. The number of nitrogens with zero attached hydrogens (tertiary/aromatic N) is 3. The minimum absolute atomic E-state index is 0.153. The number of rotatable bonds is 5. The zero-order valence-corrected chi connectivity index (χ0v) is 19.6. The topological polar surface area (TPSA) is 74.5 Å². The van der Waals surface area contributed by atoms with Crippen LogP contribution in [0.15, 0.2) is 36.4 Å². The summed E-state index contributed by atoms with van der Waals surface area (Å²) >= 11 is 13.6. The van der Waals surface area contributed by atoms with Gasteiger partial charge in [-0.2, -0.15) is 0 Å². The van der Waals surface area contributed by atoms with Crippen LogP contribution in [0.25, 0.3) is 0 Å². The molecule has 1 aliphatic rings. The number of carbonyl (C=O) groups excluding carboxylic acids is 1. The highest BCUT2D eigenvalue weighted by atomic mass is 35.5. The second-order valence-electron chi connectivity index (χ2n) is 7.57. The van der Waals surface area contributed by atoms with Crippen molar-refractivity contribution in [2.24, 2.45) is 0 Å². The lowest BCUT2D eigenvalue weighted by Gasteiger charge is -2.34. The van der Waals surface area contributed by atoms with Gasteiger partial charge in [0.2, 0.25) is 5.78 Å². The molecule has 0 saturated carbocycles. The predicted octanol–water partition coefficient (Wildman–Crippen LogP) is 5.07. The summed E-state index contributed by atoms with van der Waals surface area (Å²) in [7, 11) is 2.15. The monoisotopic (exact) mass is 475 g/mol. The maximum atomic E-state index is 13.0. The van der Waals surface area contributed by atoms with Crippen molar-refractivity contribution < 1.29 is 4.79 Å². The maximum absolute atomic E-state index is 13.0. The first-order chi connectivity index (χ1) is 14.8. The van der Waals surface area contributed by atoms with Gasteiger partial charge in [0.15, 0.2) is 5.13 Å². The molecule has 1 fully saturated rings. The van der Waals surface area contributed by atoms with Gasteiger partial charge in [0.25, 0.3) is 0 Å². The first-order valence-corrected chi connectivity index (χ1v) is 11.5. The van der Waals surface area contributed by atoms with Crippen molar-refractivity contribution >= 4 is 62.6 Å². The van der Waals surface area contributed by atoms with E-state index in [1.165, 1.54) is 17.0 Å². The molecular formula is C22H23Cl2N5OS. The summed E-state index contributed by atoms with van der Waals surface area (Å²) in [5.41, 5.74) is 9.50. The predicted molar refractivity (Wildman–Crippen MR) is 131 cm³/mol. The molecule has 2 aromatic carbocycles. The molecule has 4 rings (SSSR count). The number of thiazole rings is 1. The average molecular weight is 476 g/mol. The molecule has 9 heteroatoms. The number of anilines is 4. The third-order valence-electron chi connectivity index (χ3n) is 5.37. The highest BCUT2D eigenvalue weighted by molar-refractivity contribution is 7.18. The first-order valence-electron chi connectivity index (χ1n) is 9.89. The van der Waals surface area contributed by atoms with E-state index in [1.54, 1.807) is 18.2 Å². The number of halogens is 2. The van der Waals surface area contributed by atoms with E-state index in [2.05, 4.69) is 46.2 Å². The van der Waals surface area contributed by atoms with Crippen LogP contribution >= 0.6 is 34.5 Å². The van der Waals surface area contributed by atoms with Crippen molar-refractivity contribution in [1.29, 1.82) is 0 Å². The Morgan fingerprint density at radius 2 is 1.81 bits per heavy atom. The fourth-order valence-electron chi connectivity index (χ4n) is 3.54. The minimum Gasteiger partial charge on any atom is -0.382 e. The molecule has 1 aromatic heterocycles. The standard InChI is InChI=1S/C22H23Cl2N5OS/c1-13-12-14(29-10-8-28(2)9-11-29)6-7-17(13)26-22-27-21(25)20(31-22)19(30)18-15(23)4-3-5-16(18)24/h3-7,12H,8-11,25H2,1-2H3,(H,26,27). The Morgan fingerprint density at radius 1 is 1.13 bits per heavy atom. The van der Waals surface area contributed by atoms with E-state index in [9.17, 15) is 4.79 Å². The fourth-order valence-corrected chi connectivity index (χ4v) is 4.95. The molecule has 1 aliphatic heterocycles. The number of nitrogens with one attached hydrogen (secondary N) is 1. The van der Waals surface area contributed by atoms with Crippen molar-refractivity contribution in [3.05, 3.63) is 62.4 Å². The molecule has 162 valence electrons. The lowest BCUT2D eigenvalue weighted by molar-refractivity contribution is 0.104. The van der Waals surface area contributed by atoms with Crippen LogP contribution in [0.2, 0.25) is 10.0 Å². The van der Waals surface area contributed by atoms with Crippen molar-refractivity contribution in [1.82, 2.24) is 9.88 Å². The number of nitrogens with two attached hydrogens (primary N) is 1. The molecule has 0 unspecified atom stereocenters. The van der Waals surface area contributed by atoms with Gasteiger partial charge in [0, 0.05) is 37.6 Å². The third-order valence-corrected chi connectivity index (χ3v) is 6.98. The molecule has 0 atom stereocenters. The zero-order chi connectivity index (χ0) is 22.1. The van der Waals surface area contributed by atoms with Gasteiger partial charge in [-0.1, -0.05) is 40.6 Å².